The van der Waals surface area contributed by atoms with Crippen molar-refractivity contribution < 1.29 is 9.90 Å². The van der Waals surface area contributed by atoms with Gasteiger partial charge in [-0.15, -0.1) is 0 Å². The van der Waals surface area contributed by atoms with Crippen molar-refractivity contribution in [2.45, 2.75) is 31.7 Å². The van der Waals surface area contributed by atoms with E-state index in [0.29, 0.717) is 0 Å². The fourth-order valence-electron chi connectivity index (χ4n) is 1.86. The Balaban J connectivity index is 2.06. The summed E-state index contributed by atoms with van der Waals surface area (Å²) in [4.78, 5) is 10.5. The summed E-state index contributed by atoms with van der Waals surface area (Å²) in [5.74, 6) is -0.723. The Bertz CT molecular complexity index is 216. The number of hydrogen-bond acceptors (Lipinski definition) is 2. The van der Waals surface area contributed by atoms with Crippen LogP contribution in [-0.4, -0.2) is 17.1 Å². The molecule has 1 atom stereocenters. The van der Waals surface area contributed by atoms with Crippen LogP contribution in [-0.2, 0) is 4.79 Å². The highest BCUT2D eigenvalue weighted by Crippen LogP contribution is 2.32. The summed E-state index contributed by atoms with van der Waals surface area (Å²) in [6.45, 7) is 0. The molecule has 11 heavy (non-hydrogen) atoms. The van der Waals surface area contributed by atoms with E-state index in [4.69, 9.17) is 5.11 Å². The van der Waals surface area contributed by atoms with Crippen molar-refractivity contribution in [3.63, 3.8) is 0 Å². The first-order valence-electron chi connectivity index (χ1n) is 3.97. The van der Waals surface area contributed by atoms with Crippen molar-refractivity contribution in [1.82, 2.24) is 5.32 Å². The number of aliphatic carboxylic acids is 1. The second-order valence-electron chi connectivity index (χ2n) is 3.17. The van der Waals surface area contributed by atoms with Gasteiger partial charge in [-0.1, -0.05) is 0 Å². The molecule has 0 fully saturated rings. The van der Waals surface area contributed by atoms with Gasteiger partial charge in [0.25, 0.3) is 0 Å². The minimum atomic E-state index is -0.723. The van der Waals surface area contributed by atoms with Gasteiger partial charge in [0.1, 0.15) is 6.04 Å². The van der Waals surface area contributed by atoms with Gasteiger partial charge in [0.05, 0.1) is 0 Å². The van der Waals surface area contributed by atoms with Crippen LogP contribution in [0.2, 0.25) is 0 Å². The van der Waals surface area contributed by atoms with Gasteiger partial charge in [-0.3, -0.25) is 0 Å². The molecule has 2 aliphatic rings. The number of allylic oxidation sites excluding steroid dienone is 1. The average molecular weight is 153 g/mol. The molecule has 0 aromatic heterocycles. The molecule has 0 aromatic rings. The zero-order chi connectivity index (χ0) is 7.84. The number of carbonyl (C=O) groups is 1. The maximum Gasteiger partial charge on any atom is 0.326 e. The van der Waals surface area contributed by atoms with E-state index in [1.807, 2.05) is 0 Å². The zero-order valence-corrected chi connectivity index (χ0v) is 6.26. The van der Waals surface area contributed by atoms with Gasteiger partial charge in [0, 0.05) is 12.1 Å². The lowest BCUT2D eigenvalue weighted by atomic mass is 10.1. The van der Waals surface area contributed by atoms with Crippen molar-refractivity contribution >= 4 is 5.97 Å². The number of carboxylic acid groups (broad SMARTS) is 1. The SMILES string of the molecule is O=C(O)C1CC2=C(CCC2)N1. The smallest absolute Gasteiger partial charge is 0.326 e. The molecule has 0 saturated carbocycles. The molecule has 3 heteroatoms. The summed E-state index contributed by atoms with van der Waals surface area (Å²) in [5.41, 5.74) is 2.55. The molecule has 2 N–H and O–H groups in total. The summed E-state index contributed by atoms with van der Waals surface area (Å²) >= 11 is 0. The van der Waals surface area contributed by atoms with Crippen LogP contribution in [0.4, 0.5) is 0 Å². The van der Waals surface area contributed by atoms with Gasteiger partial charge in [-0.05, 0) is 24.8 Å². The highest BCUT2D eigenvalue weighted by atomic mass is 16.4. The van der Waals surface area contributed by atoms with Gasteiger partial charge in [-0.2, -0.15) is 0 Å². The van der Waals surface area contributed by atoms with E-state index >= 15 is 0 Å². The van der Waals surface area contributed by atoms with Gasteiger partial charge < -0.3 is 10.4 Å². The minimum Gasteiger partial charge on any atom is -0.480 e. The quantitative estimate of drug-likeness (QED) is 0.587. The molecular formula is C8H11NO2. The number of rotatable bonds is 1. The van der Waals surface area contributed by atoms with E-state index < -0.39 is 5.97 Å². The monoisotopic (exact) mass is 153 g/mol. The van der Waals surface area contributed by atoms with Crippen molar-refractivity contribution in [3.05, 3.63) is 11.3 Å². The van der Waals surface area contributed by atoms with Crippen LogP contribution in [0, 0.1) is 0 Å². The molecule has 0 aromatic carbocycles. The second kappa shape index (κ2) is 2.26. The molecule has 1 heterocycles. The third kappa shape index (κ3) is 1.00. The molecule has 2 rings (SSSR count). The molecule has 0 radical (unpaired) electrons. The standard InChI is InChI=1S/C8H11NO2/c10-8(11)7-4-5-2-1-3-6(5)9-7/h7,9H,1-4H2,(H,10,11). The Morgan fingerprint density at radius 1 is 1.55 bits per heavy atom. The first-order chi connectivity index (χ1) is 5.27. The first kappa shape index (κ1) is 6.70. The normalized spacial score (nSPS) is 28.5. The molecule has 1 unspecified atom stereocenters. The molecule has 1 aliphatic carbocycles. The number of carboxylic acids is 1. The molecule has 3 nitrogen and oxygen atoms in total. The fraction of sp³-hybridized carbons (Fsp3) is 0.625. The van der Waals surface area contributed by atoms with E-state index in [1.54, 1.807) is 0 Å². The van der Waals surface area contributed by atoms with Crippen molar-refractivity contribution in [2.75, 3.05) is 0 Å². The topological polar surface area (TPSA) is 49.3 Å². The third-order valence-corrected chi connectivity index (χ3v) is 2.43. The minimum absolute atomic E-state index is 0.333. The van der Waals surface area contributed by atoms with Crippen LogP contribution < -0.4 is 5.32 Å². The summed E-state index contributed by atoms with van der Waals surface area (Å²) in [5, 5.41) is 11.7. The van der Waals surface area contributed by atoms with Crippen molar-refractivity contribution in [3.8, 4) is 0 Å². The van der Waals surface area contributed by atoms with Crippen LogP contribution in [0.5, 0.6) is 0 Å². The van der Waals surface area contributed by atoms with E-state index in [0.717, 1.165) is 19.3 Å². The van der Waals surface area contributed by atoms with E-state index in [2.05, 4.69) is 5.32 Å². The second-order valence-corrected chi connectivity index (χ2v) is 3.17. The molecule has 0 spiro atoms. The predicted octanol–water partition coefficient (Wildman–Crippen LogP) is 0.871. The Morgan fingerprint density at radius 3 is 3.00 bits per heavy atom. The van der Waals surface area contributed by atoms with Gasteiger partial charge in [-0.25, -0.2) is 4.79 Å². The van der Waals surface area contributed by atoms with Gasteiger partial charge in [0.2, 0.25) is 0 Å². The van der Waals surface area contributed by atoms with Crippen LogP contribution in [0.25, 0.3) is 0 Å². The lowest BCUT2D eigenvalue weighted by Gasteiger charge is -2.07. The largest absolute Gasteiger partial charge is 0.480 e. The number of hydrogen-bond donors (Lipinski definition) is 2. The van der Waals surface area contributed by atoms with Crippen LogP contribution in [0.3, 0.4) is 0 Å². The molecule has 1 aliphatic heterocycles. The maximum absolute atomic E-state index is 10.5. The Morgan fingerprint density at radius 2 is 2.36 bits per heavy atom. The molecule has 0 bridgehead atoms. The summed E-state index contributed by atoms with van der Waals surface area (Å²) in [6.07, 6.45) is 4.08. The van der Waals surface area contributed by atoms with Crippen LogP contribution >= 0.6 is 0 Å². The van der Waals surface area contributed by atoms with Crippen LogP contribution in [0.1, 0.15) is 25.7 Å². The molecular weight excluding hydrogens is 142 g/mol. The third-order valence-electron chi connectivity index (χ3n) is 2.43. The number of nitrogens with one attached hydrogen (secondary N) is 1. The zero-order valence-electron chi connectivity index (χ0n) is 6.26. The highest BCUT2D eigenvalue weighted by Gasteiger charge is 2.30. The summed E-state index contributed by atoms with van der Waals surface area (Å²) in [6, 6.07) is -0.333. The average Bonchev–Trinajstić information content (AvgIpc) is 2.40. The van der Waals surface area contributed by atoms with E-state index in [9.17, 15) is 4.79 Å². The van der Waals surface area contributed by atoms with E-state index in [-0.39, 0.29) is 6.04 Å². The Hall–Kier alpha value is -0.990. The highest BCUT2D eigenvalue weighted by molar-refractivity contribution is 5.75. The van der Waals surface area contributed by atoms with Gasteiger partial charge in [0.15, 0.2) is 0 Å². The van der Waals surface area contributed by atoms with Crippen LogP contribution in [0.15, 0.2) is 11.3 Å². The first-order valence-corrected chi connectivity index (χ1v) is 3.97. The van der Waals surface area contributed by atoms with Crippen molar-refractivity contribution in [2.24, 2.45) is 0 Å². The molecule has 0 saturated heterocycles. The lowest BCUT2D eigenvalue weighted by Crippen LogP contribution is -2.31. The van der Waals surface area contributed by atoms with Crippen molar-refractivity contribution in [1.29, 1.82) is 0 Å². The Labute approximate surface area is 65.1 Å². The summed E-state index contributed by atoms with van der Waals surface area (Å²) < 4.78 is 0. The summed E-state index contributed by atoms with van der Waals surface area (Å²) in [7, 11) is 0. The Kier molecular flexibility index (Phi) is 1.37. The molecule has 0 amide bonds. The van der Waals surface area contributed by atoms with E-state index in [1.165, 1.54) is 17.7 Å². The predicted molar refractivity (Wildman–Crippen MR) is 40.1 cm³/mol. The molecule has 60 valence electrons. The lowest BCUT2D eigenvalue weighted by molar-refractivity contribution is -0.139. The fourth-order valence-corrected chi connectivity index (χ4v) is 1.86. The maximum atomic E-state index is 10.5. The van der Waals surface area contributed by atoms with Gasteiger partial charge >= 0.3 is 5.97 Å².